The van der Waals surface area contributed by atoms with Crippen LogP contribution < -0.4 is 0 Å². The van der Waals surface area contributed by atoms with Crippen LogP contribution in [0.4, 0.5) is 0 Å². The Morgan fingerprint density at radius 2 is 1.11 bits per heavy atom. The standard InChI is InChI=1S/C33H18N2S2/c1-3-9-21-17-27-24(15-19(21)7-1)25-16-20-8-2-4-10-22(20)18-28(25)35(27)33-34-26-13-14-30-31(32(26)37-33)23-11-5-6-12-29(23)36-30/h1-18H. The summed E-state index contributed by atoms with van der Waals surface area (Å²) in [6, 6.07) is 39.8. The third-order valence-corrected chi connectivity index (χ3v) is 9.79. The fraction of sp³-hybridized carbons (Fsp3) is 0. The Morgan fingerprint density at radius 1 is 0.514 bits per heavy atom. The molecule has 9 rings (SSSR count). The van der Waals surface area contributed by atoms with Crippen LogP contribution in [-0.4, -0.2) is 9.55 Å². The van der Waals surface area contributed by atoms with E-state index in [2.05, 4.69) is 114 Å². The minimum Gasteiger partial charge on any atom is -0.285 e. The van der Waals surface area contributed by atoms with Gasteiger partial charge in [-0.15, -0.1) is 11.3 Å². The molecule has 0 atom stereocenters. The summed E-state index contributed by atoms with van der Waals surface area (Å²) in [6.45, 7) is 0. The van der Waals surface area contributed by atoms with Crippen molar-refractivity contribution in [1.82, 2.24) is 9.55 Å². The molecule has 0 aliphatic heterocycles. The molecule has 172 valence electrons. The van der Waals surface area contributed by atoms with Gasteiger partial charge in [-0.05, 0) is 64.0 Å². The van der Waals surface area contributed by atoms with Crippen LogP contribution in [0.5, 0.6) is 0 Å². The molecule has 0 aliphatic rings. The van der Waals surface area contributed by atoms with Gasteiger partial charge in [0.2, 0.25) is 0 Å². The molecule has 0 unspecified atom stereocenters. The van der Waals surface area contributed by atoms with Gasteiger partial charge in [-0.2, -0.15) is 0 Å². The van der Waals surface area contributed by atoms with Crippen LogP contribution in [0.3, 0.4) is 0 Å². The maximum Gasteiger partial charge on any atom is 0.195 e. The second-order valence-corrected chi connectivity index (χ2v) is 11.7. The fourth-order valence-corrected chi connectivity index (χ4v) is 8.21. The third kappa shape index (κ3) is 2.71. The second kappa shape index (κ2) is 7.16. The van der Waals surface area contributed by atoms with Crippen LogP contribution in [0, 0.1) is 0 Å². The minimum absolute atomic E-state index is 1.02. The molecule has 0 spiro atoms. The van der Waals surface area contributed by atoms with Gasteiger partial charge in [0.25, 0.3) is 0 Å². The highest BCUT2D eigenvalue weighted by atomic mass is 32.1. The van der Waals surface area contributed by atoms with Crippen LogP contribution in [0.1, 0.15) is 0 Å². The second-order valence-electron chi connectivity index (χ2n) is 9.65. The van der Waals surface area contributed by atoms with E-state index in [9.17, 15) is 0 Å². The van der Waals surface area contributed by atoms with E-state index in [4.69, 9.17) is 4.98 Å². The average Bonchev–Trinajstić information content (AvgIpc) is 3.61. The Bertz CT molecular complexity index is 2280. The zero-order valence-corrected chi connectivity index (χ0v) is 21.2. The molecule has 37 heavy (non-hydrogen) atoms. The van der Waals surface area contributed by atoms with Crippen molar-refractivity contribution in [3.63, 3.8) is 0 Å². The summed E-state index contributed by atoms with van der Waals surface area (Å²) in [4.78, 5) is 5.24. The molecule has 3 heterocycles. The highest BCUT2D eigenvalue weighted by Gasteiger charge is 2.19. The smallest absolute Gasteiger partial charge is 0.195 e. The van der Waals surface area contributed by atoms with Gasteiger partial charge in [0, 0.05) is 30.9 Å². The summed E-state index contributed by atoms with van der Waals surface area (Å²) in [5.74, 6) is 0. The van der Waals surface area contributed by atoms with Gasteiger partial charge >= 0.3 is 0 Å². The van der Waals surface area contributed by atoms with Gasteiger partial charge in [0.1, 0.15) is 0 Å². The Labute approximate surface area is 219 Å². The minimum atomic E-state index is 1.02. The molecule has 0 radical (unpaired) electrons. The number of benzene rings is 6. The first-order valence-corrected chi connectivity index (χ1v) is 14.0. The van der Waals surface area contributed by atoms with Crippen molar-refractivity contribution in [2.24, 2.45) is 0 Å². The Kier molecular flexibility index (Phi) is 3.85. The lowest BCUT2D eigenvalue weighted by atomic mass is 10.0. The first-order valence-electron chi connectivity index (χ1n) is 12.4. The summed E-state index contributed by atoms with van der Waals surface area (Å²) < 4.78 is 6.30. The number of hydrogen-bond acceptors (Lipinski definition) is 3. The van der Waals surface area contributed by atoms with Gasteiger partial charge in [0.05, 0.1) is 21.3 Å². The summed E-state index contributed by atoms with van der Waals surface area (Å²) in [7, 11) is 0. The van der Waals surface area contributed by atoms with Crippen molar-refractivity contribution in [1.29, 1.82) is 0 Å². The molecule has 0 saturated carbocycles. The molecule has 3 aromatic heterocycles. The molecule has 6 aromatic carbocycles. The number of nitrogens with zero attached hydrogens (tertiary/aromatic N) is 2. The third-order valence-electron chi connectivity index (χ3n) is 7.58. The number of thiophene rings is 1. The molecule has 0 aliphatic carbocycles. The van der Waals surface area contributed by atoms with Crippen molar-refractivity contribution < 1.29 is 0 Å². The van der Waals surface area contributed by atoms with Crippen LogP contribution in [0.2, 0.25) is 0 Å². The van der Waals surface area contributed by atoms with Gasteiger partial charge < -0.3 is 0 Å². The molecular weight excluding hydrogens is 489 g/mol. The largest absolute Gasteiger partial charge is 0.285 e. The molecular formula is C33H18N2S2. The molecule has 0 bridgehead atoms. The van der Waals surface area contributed by atoms with E-state index in [1.165, 1.54) is 68.2 Å². The van der Waals surface area contributed by atoms with Crippen molar-refractivity contribution >= 4 is 96.4 Å². The van der Waals surface area contributed by atoms with Gasteiger partial charge in [-0.3, -0.25) is 4.57 Å². The van der Waals surface area contributed by atoms with E-state index >= 15 is 0 Å². The molecule has 0 amide bonds. The van der Waals surface area contributed by atoms with Crippen LogP contribution in [-0.2, 0) is 0 Å². The number of rotatable bonds is 1. The predicted molar refractivity (Wildman–Crippen MR) is 162 cm³/mol. The lowest BCUT2D eigenvalue weighted by Gasteiger charge is -2.05. The van der Waals surface area contributed by atoms with Crippen LogP contribution >= 0.6 is 22.7 Å². The maximum absolute atomic E-state index is 5.24. The van der Waals surface area contributed by atoms with Gasteiger partial charge in [-0.25, -0.2) is 4.98 Å². The predicted octanol–water partition coefficient (Wildman–Crippen LogP) is 10.1. The number of aromatic nitrogens is 2. The summed E-state index contributed by atoms with van der Waals surface area (Å²) in [6.07, 6.45) is 0. The highest BCUT2D eigenvalue weighted by molar-refractivity contribution is 7.28. The quantitative estimate of drug-likeness (QED) is 0.217. The summed E-state index contributed by atoms with van der Waals surface area (Å²) in [5.41, 5.74) is 3.47. The monoisotopic (exact) mass is 506 g/mol. The Balaban J connectivity index is 1.45. The zero-order chi connectivity index (χ0) is 24.1. The first kappa shape index (κ1) is 19.9. The Hall–Kier alpha value is -4.25. The van der Waals surface area contributed by atoms with E-state index in [-0.39, 0.29) is 0 Å². The van der Waals surface area contributed by atoms with E-state index < -0.39 is 0 Å². The lowest BCUT2D eigenvalue weighted by molar-refractivity contribution is 1.15. The van der Waals surface area contributed by atoms with Crippen molar-refractivity contribution in [2.45, 2.75) is 0 Å². The van der Waals surface area contributed by atoms with Gasteiger partial charge in [-0.1, -0.05) is 78.1 Å². The van der Waals surface area contributed by atoms with Gasteiger partial charge in [0.15, 0.2) is 5.13 Å². The number of thiazole rings is 1. The molecule has 9 aromatic rings. The summed E-state index contributed by atoms with van der Waals surface area (Å²) in [5, 5.41) is 11.2. The number of fused-ring (bicyclic) bond motifs is 10. The molecule has 2 nitrogen and oxygen atoms in total. The fourth-order valence-electron chi connectivity index (χ4n) is 5.87. The van der Waals surface area contributed by atoms with E-state index in [1.807, 2.05) is 11.3 Å². The van der Waals surface area contributed by atoms with Crippen LogP contribution in [0.15, 0.2) is 109 Å². The van der Waals surface area contributed by atoms with Crippen molar-refractivity contribution in [3.8, 4) is 5.13 Å². The maximum atomic E-state index is 5.24. The van der Waals surface area contributed by atoms with Crippen molar-refractivity contribution in [2.75, 3.05) is 0 Å². The van der Waals surface area contributed by atoms with E-state index in [0.29, 0.717) is 0 Å². The van der Waals surface area contributed by atoms with Crippen molar-refractivity contribution in [3.05, 3.63) is 109 Å². The molecule has 0 fully saturated rings. The molecule has 0 N–H and O–H groups in total. The Morgan fingerprint density at radius 3 is 1.78 bits per heavy atom. The number of hydrogen-bond donors (Lipinski definition) is 0. The first-order chi connectivity index (χ1) is 18.3. The van der Waals surface area contributed by atoms with Crippen LogP contribution in [0.25, 0.3) is 78.9 Å². The molecule has 0 saturated heterocycles. The van der Waals surface area contributed by atoms with E-state index in [0.717, 1.165) is 10.6 Å². The lowest BCUT2D eigenvalue weighted by Crippen LogP contribution is -1.92. The zero-order valence-electron chi connectivity index (χ0n) is 19.6. The SMILES string of the molecule is c1ccc2cc3c(cc2c1)c1cc2ccccc2cc1n3-c1nc2ccc3sc4ccccc4c3c2s1. The normalized spacial score (nSPS) is 12.3. The average molecular weight is 507 g/mol. The topological polar surface area (TPSA) is 17.8 Å². The molecule has 4 heteroatoms. The highest BCUT2D eigenvalue weighted by Crippen LogP contribution is 2.43. The summed E-state index contributed by atoms with van der Waals surface area (Å²) >= 11 is 3.67. The van der Waals surface area contributed by atoms with E-state index in [1.54, 1.807) is 11.3 Å².